The number of amides is 1. The third kappa shape index (κ3) is 2.24. The van der Waals surface area contributed by atoms with Crippen LogP contribution in [0.2, 0.25) is 0 Å². The van der Waals surface area contributed by atoms with Gasteiger partial charge < -0.3 is 9.88 Å². The Hall–Kier alpha value is -2.48. The molecule has 3 aromatic rings. The van der Waals surface area contributed by atoms with Crippen LogP contribution in [0.1, 0.15) is 36.1 Å². The summed E-state index contributed by atoms with van der Waals surface area (Å²) in [6.07, 6.45) is 3.12. The third-order valence-electron chi connectivity index (χ3n) is 4.83. The number of rotatable bonds is 1. The Labute approximate surface area is 152 Å². The molecule has 5 rings (SSSR count). The first-order chi connectivity index (χ1) is 12.1. The van der Waals surface area contributed by atoms with Crippen LogP contribution in [-0.4, -0.2) is 30.2 Å². The molecule has 0 bridgehead atoms. The van der Waals surface area contributed by atoms with Crippen LogP contribution in [0.5, 0.6) is 0 Å². The third-order valence-corrected chi connectivity index (χ3v) is 5.32. The van der Waals surface area contributed by atoms with Gasteiger partial charge in [-0.2, -0.15) is 5.10 Å². The molecule has 0 aliphatic carbocycles. The second-order valence-corrected chi connectivity index (χ2v) is 7.33. The zero-order valence-corrected chi connectivity index (χ0v) is 15.1. The smallest absolute Gasteiger partial charge is 0.220 e. The molecule has 2 aromatic heterocycles. The number of halogens is 1. The molecular weight excluding hydrogens is 384 g/mol. The average Bonchev–Trinajstić information content (AvgIpc) is 3.27. The lowest BCUT2D eigenvalue weighted by molar-refractivity contribution is -0.119. The molecule has 0 radical (unpaired) electrons. The average molecular weight is 399 g/mol. The van der Waals surface area contributed by atoms with E-state index in [2.05, 4.69) is 42.9 Å². The molecule has 2 aliphatic rings. The summed E-state index contributed by atoms with van der Waals surface area (Å²) in [7, 11) is 0. The van der Waals surface area contributed by atoms with Gasteiger partial charge in [0, 0.05) is 16.5 Å². The normalized spacial score (nSPS) is 18.3. The molecule has 0 spiro atoms. The van der Waals surface area contributed by atoms with Gasteiger partial charge in [0.15, 0.2) is 11.6 Å². The van der Waals surface area contributed by atoms with Gasteiger partial charge in [-0.05, 0) is 31.5 Å². The molecule has 0 unspecified atom stereocenters. The van der Waals surface area contributed by atoms with Gasteiger partial charge in [0.2, 0.25) is 5.91 Å². The maximum absolute atomic E-state index is 11.6. The maximum atomic E-state index is 11.6. The fourth-order valence-electron chi connectivity index (χ4n) is 3.52. The van der Waals surface area contributed by atoms with Crippen LogP contribution < -0.4 is 5.32 Å². The predicted octanol–water partition coefficient (Wildman–Crippen LogP) is 2.51. The highest BCUT2D eigenvalue weighted by Gasteiger charge is 2.29. The summed E-state index contributed by atoms with van der Waals surface area (Å²) >= 11 is 3.55. The number of imidazole rings is 1. The minimum absolute atomic E-state index is 0.0621. The number of benzene rings is 1. The van der Waals surface area contributed by atoms with Crippen LogP contribution in [0.3, 0.4) is 0 Å². The highest BCUT2D eigenvalue weighted by molar-refractivity contribution is 9.10. The molecular formula is C17H15BrN6O. The number of nitrogens with zero attached hydrogens (tertiary/aromatic N) is 5. The van der Waals surface area contributed by atoms with Crippen molar-refractivity contribution in [2.75, 3.05) is 0 Å². The van der Waals surface area contributed by atoms with E-state index in [-0.39, 0.29) is 11.9 Å². The molecule has 1 fully saturated rings. The van der Waals surface area contributed by atoms with Crippen LogP contribution in [0.4, 0.5) is 0 Å². The van der Waals surface area contributed by atoms with E-state index >= 15 is 0 Å². The van der Waals surface area contributed by atoms with E-state index in [9.17, 15) is 4.79 Å². The van der Waals surface area contributed by atoms with Gasteiger partial charge in [-0.15, -0.1) is 0 Å². The van der Waals surface area contributed by atoms with Gasteiger partial charge in [0.25, 0.3) is 0 Å². The van der Waals surface area contributed by atoms with E-state index < -0.39 is 0 Å². The Morgan fingerprint density at radius 2 is 2.24 bits per heavy atom. The van der Waals surface area contributed by atoms with E-state index in [0.29, 0.717) is 18.8 Å². The van der Waals surface area contributed by atoms with E-state index in [0.717, 1.165) is 39.4 Å². The van der Waals surface area contributed by atoms with Gasteiger partial charge in [-0.3, -0.25) is 4.79 Å². The quantitative estimate of drug-likeness (QED) is 0.534. The number of carbonyl (C=O) groups is 1. The maximum Gasteiger partial charge on any atom is 0.220 e. The highest BCUT2D eigenvalue weighted by Crippen LogP contribution is 2.34. The number of carbonyl (C=O) groups excluding carboxylic acids is 1. The highest BCUT2D eigenvalue weighted by atomic mass is 79.9. The Balaban J connectivity index is 1.72. The zero-order valence-electron chi connectivity index (χ0n) is 13.5. The van der Waals surface area contributed by atoms with Gasteiger partial charge >= 0.3 is 0 Å². The van der Waals surface area contributed by atoms with E-state index in [1.54, 1.807) is 0 Å². The number of aryl methyl sites for hydroxylation is 1. The fraction of sp³-hybridized carbons (Fsp3) is 0.294. The summed E-state index contributed by atoms with van der Waals surface area (Å²) in [6.45, 7) is 2.60. The fourth-order valence-corrected chi connectivity index (χ4v) is 3.89. The molecule has 1 N–H and O–H groups in total. The van der Waals surface area contributed by atoms with E-state index in [1.807, 2.05) is 24.0 Å². The van der Waals surface area contributed by atoms with Crippen molar-refractivity contribution in [3.05, 3.63) is 46.2 Å². The summed E-state index contributed by atoms with van der Waals surface area (Å²) in [6, 6.07) is 6.03. The van der Waals surface area contributed by atoms with Crippen LogP contribution in [0.25, 0.3) is 17.1 Å². The molecule has 1 saturated heterocycles. The van der Waals surface area contributed by atoms with Crippen molar-refractivity contribution in [1.82, 2.24) is 29.6 Å². The molecule has 1 atom stereocenters. The number of aromatic nitrogens is 5. The molecule has 8 heteroatoms. The molecule has 2 aliphatic heterocycles. The molecule has 4 heterocycles. The first-order valence-electron chi connectivity index (χ1n) is 8.17. The number of hydrogen-bond donors (Lipinski definition) is 1. The minimum Gasteiger partial charge on any atom is -0.346 e. The largest absolute Gasteiger partial charge is 0.346 e. The lowest BCUT2D eigenvalue weighted by Crippen LogP contribution is -2.19. The van der Waals surface area contributed by atoms with Gasteiger partial charge in [-0.25, -0.2) is 14.6 Å². The van der Waals surface area contributed by atoms with Crippen molar-refractivity contribution in [2.24, 2.45) is 0 Å². The summed E-state index contributed by atoms with van der Waals surface area (Å²) in [5.41, 5.74) is 4.10. The second kappa shape index (κ2) is 5.26. The first kappa shape index (κ1) is 14.8. The standard InChI is InChI=1S/C17H15BrN6O/c1-9-14-7-24-17(21-16(22-24)12-3-5-15(25)20-12)11-6-10(18)2-4-13(11)23(14)8-19-9/h2,4,6,8,12H,3,5,7H2,1H3,(H,20,25)/t12-/m1/s1. The van der Waals surface area contributed by atoms with Gasteiger partial charge in [0.1, 0.15) is 0 Å². The number of fused-ring (bicyclic) bond motifs is 5. The topological polar surface area (TPSA) is 77.6 Å². The summed E-state index contributed by atoms with van der Waals surface area (Å²) in [4.78, 5) is 20.8. The van der Waals surface area contributed by atoms with Crippen molar-refractivity contribution in [3.63, 3.8) is 0 Å². The van der Waals surface area contributed by atoms with Crippen LogP contribution in [-0.2, 0) is 11.3 Å². The van der Waals surface area contributed by atoms with Crippen molar-refractivity contribution in [3.8, 4) is 17.1 Å². The summed E-state index contributed by atoms with van der Waals surface area (Å²) in [5.74, 6) is 1.56. The Morgan fingerprint density at radius 3 is 3.04 bits per heavy atom. The van der Waals surface area contributed by atoms with Crippen molar-refractivity contribution in [2.45, 2.75) is 32.4 Å². The monoisotopic (exact) mass is 398 g/mol. The molecule has 25 heavy (non-hydrogen) atoms. The van der Waals surface area contributed by atoms with Crippen molar-refractivity contribution >= 4 is 21.8 Å². The molecule has 1 aromatic carbocycles. The van der Waals surface area contributed by atoms with Gasteiger partial charge in [-0.1, -0.05) is 15.9 Å². The molecule has 1 amide bonds. The summed E-state index contributed by atoms with van der Waals surface area (Å²) in [5, 5.41) is 7.66. The zero-order chi connectivity index (χ0) is 17.1. The SMILES string of the molecule is Cc1ncn2c1Cn1nc([C@H]3CCC(=O)N3)nc1-c1cc(Br)ccc1-2. The molecule has 0 saturated carbocycles. The first-order valence-corrected chi connectivity index (χ1v) is 8.96. The van der Waals surface area contributed by atoms with E-state index in [1.165, 1.54) is 0 Å². The minimum atomic E-state index is -0.103. The molecule has 7 nitrogen and oxygen atoms in total. The predicted molar refractivity (Wildman–Crippen MR) is 94.2 cm³/mol. The number of hydrogen-bond acceptors (Lipinski definition) is 4. The lowest BCUT2D eigenvalue weighted by Gasteiger charge is -2.09. The lowest BCUT2D eigenvalue weighted by atomic mass is 10.1. The van der Waals surface area contributed by atoms with Crippen LogP contribution in [0.15, 0.2) is 29.0 Å². The number of nitrogens with one attached hydrogen (secondary N) is 1. The summed E-state index contributed by atoms with van der Waals surface area (Å²) < 4.78 is 5.00. The Kier molecular flexibility index (Phi) is 3.12. The van der Waals surface area contributed by atoms with Gasteiger partial charge in [0.05, 0.1) is 36.0 Å². The Bertz CT molecular complexity index is 1020. The van der Waals surface area contributed by atoms with E-state index in [4.69, 9.17) is 10.1 Å². The Morgan fingerprint density at radius 1 is 1.36 bits per heavy atom. The van der Waals surface area contributed by atoms with Crippen molar-refractivity contribution in [1.29, 1.82) is 0 Å². The van der Waals surface area contributed by atoms with Crippen LogP contribution in [0, 0.1) is 6.92 Å². The van der Waals surface area contributed by atoms with Crippen LogP contribution >= 0.6 is 15.9 Å². The second-order valence-electron chi connectivity index (χ2n) is 6.42. The molecule has 126 valence electrons. The van der Waals surface area contributed by atoms with Crippen molar-refractivity contribution < 1.29 is 4.79 Å².